The van der Waals surface area contributed by atoms with Crippen molar-refractivity contribution in [3.05, 3.63) is 0 Å². The second-order valence-corrected chi connectivity index (χ2v) is 1.34. The van der Waals surface area contributed by atoms with Crippen molar-refractivity contribution in [1.29, 1.82) is 0 Å². The fraction of sp³-hybridized carbons (Fsp3) is 1.00. The molecule has 25 valence electrons. The summed E-state index contributed by atoms with van der Waals surface area (Å²) >= 11 is 0. The van der Waals surface area contributed by atoms with Crippen LogP contribution in [0.5, 0.6) is 0 Å². The molecular weight excluding hydrogens is 50.0 g/mol. The molecule has 1 nitrogen and oxygen atoms in total. The maximum atomic E-state index is 2.00. The Bertz CT molecular complexity index is 8.00. The molecule has 0 spiro atoms. The summed E-state index contributed by atoms with van der Waals surface area (Å²) in [5.74, 6) is 0. The molecule has 1 radical (unpaired) electrons. The van der Waals surface area contributed by atoms with Crippen LogP contribution in [0.3, 0.4) is 0 Å². The van der Waals surface area contributed by atoms with Gasteiger partial charge in [-0.2, -0.15) is 4.90 Å². The molecule has 0 saturated carbocycles. The van der Waals surface area contributed by atoms with Crippen LogP contribution in [-0.4, -0.2) is 21.1 Å². The molecule has 0 unspecified atom stereocenters. The monoisotopic (exact) mass is 59.1 g/mol. The first-order chi connectivity index (χ1) is 1.73. The van der Waals surface area contributed by atoms with E-state index in [1.807, 2.05) is 26.0 Å². The molecule has 0 bridgehead atoms. The van der Waals surface area contributed by atoms with Crippen molar-refractivity contribution in [1.82, 2.24) is 4.90 Å². The van der Waals surface area contributed by atoms with E-state index in [2.05, 4.69) is 0 Å². The molecule has 0 N–H and O–H groups in total. The van der Waals surface area contributed by atoms with Gasteiger partial charge in [0, 0.05) is 0 Å². The minimum atomic E-state index is 2.00. The second-order valence-electron chi connectivity index (χ2n) is 1.34. The van der Waals surface area contributed by atoms with E-state index in [0.717, 1.165) is 0 Å². The van der Waals surface area contributed by atoms with Crippen LogP contribution in [0, 0.1) is 0 Å². The molecule has 0 atom stereocenters. The van der Waals surface area contributed by atoms with Crippen molar-refractivity contribution >= 4 is 0 Å². The maximum absolute atomic E-state index is 2.00. The van der Waals surface area contributed by atoms with Crippen LogP contribution in [-0.2, 0) is 0 Å². The lowest BCUT2D eigenvalue weighted by Crippen LogP contribution is -2.08. The van der Waals surface area contributed by atoms with Crippen LogP contribution in [0.25, 0.3) is 0 Å². The fourth-order valence-electron chi connectivity index (χ4n) is 0. The van der Waals surface area contributed by atoms with E-state index in [1.165, 1.54) is 0 Å². The Labute approximate surface area is 27.2 Å². The zero-order valence-electron chi connectivity index (χ0n) is 3.45. The largest absolute Gasteiger partial charge is 0.178 e. The Hall–Kier alpha value is -0.0400. The topological polar surface area (TPSA) is 5.90 Å². The third-order valence-electron chi connectivity index (χ3n) is 0. The fourth-order valence-corrected chi connectivity index (χ4v) is 0. The Morgan fingerprint density at radius 1 is 1.00 bits per heavy atom. The van der Waals surface area contributed by atoms with E-state index < -0.39 is 0 Å². The lowest BCUT2D eigenvalue weighted by atomic mass is 11.0. The van der Waals surface area contributed by atoms with Crippen molar-refractivity contribution in [2.45, 2.75) is 0 Å². The first kappa shape index (κ1) is 3.96. The molecule has 0 amide bonds. The third kappa shape index (κ3) is 1130. The number of nitrogens with zero attached hydrogens (tertiary/aromatic N) is 1. The molecule has 0 aliphatic rings. The van der Waals surface area contributed by atoms with Gasteiger partial charge in [-0.15, -0.1) is 0 Å². The smallest absolute Gasteiger partial charge is 0.112 e. The molecule has 0 aromatic rings. The Kier molecular flexibility index (Phi) is 1.28. The average molecular weight is 59.1 g/mol. The van der Waals surface area contributed by atoms with Gasteiger partial charge in [-0.3, -0.25) is 0 Å². The van der Waals surface area contributed by atoms with E-state index in [1.54, 1.807) is 0 Å². The maximum Gasteiger partial charge on any atom is 0.112 e. The van der Waals surface area contributed by atoms with Gasteiger partial charge in [-0.25, -0.2) is 0 Å². The predicted octanol–water partition coefficient (Wildman–Crippen LogP) is 0.0159. The van der Waals surface area contributed by atoms with Crippen molar-refractivity contribution in [2.24, 2.45) is 0 Å². The zero-order chi connectivity index (χ0) is 3.58. The van der Waals surface area contributed by atoms with Gasteiger partial charge in [0.25, 0.3) is 0 Å². The van der Waals surface area contributed by atoms with Gasteiger partial charge in [0.1, 0.15) is 21.1 Å². The first-order valence-corrected chi connectivity index (χ1v) is 1.34. The van der Waals surface area contributed by atoms with E-state index in [0.29, 0.717) is 0 Å². The molecule has 0 aromatic heterocycles. The van der Waals surface area contributed by atoms with Crippen LogP contribution in [0.4, 0.5) is 0 Å². The number of hydrogen-bond donors (Lipinski definition) is 0. The zero-order valence-corrected chi connectivity index (χ0v) is 3.45. The lowest BCUT2D eigenvalue weighted by molar-refractivity contribution is 0.685. The van der Waals surface area contributed by atoms with Crippen molar-refractivity contribution in [2.75, 3.05) is 21.1 Å². The highest BCUT2D eigenvalue weighted by Gasteiger charge is 1.71. The van der Waals surface area contributed by atoms with Gasteiger partial charge in [-0.1, -0.05) is 0 Å². The second kappa shape index (κ2) is 1.30. The standard InChI is InChI=1S/C3H9N/c1-4(2)3/h1-3H3/q+1. The van der Waals surface area contributed by atoms with Gasteiger partial charge in [0.05, 0.1) is 0 Å². The van der Waals surface area contributed by atoms with E-state index >= 15 is 0 Å². The van der Waals surface area contributed by atoms with E-state index in [9.17, 15) is 0 Å². The molecule has 0 saturated heterocycles. The molecule has 0 heterocycles. The molecule has 4 heavy (non-hydrogen) atoms. The van der Waals surface area contributed by atoms with Crippen LogP contribution in [0.2, 0.25) is 0 Å². The lowest BCUT2D eigenvalue weighted by Gasteiger charge is -1.77. The van der Waals surface area contributed by atoms with Crippen molar-refractivity contribution in [3.63, 3.8) is 0 Å². The highest BCUT2D eigenvalue weighted by Crippen LogP contribution is 1.40. The van der Waals surface area contributed by atoms with Crippen molar-refractivity contribution < 1.29 is 0 Å². The summed E-state index contributed by atoms with van der Waals surface area (Å²) < 4.78 is 0. The summed E-state index contributed by atoms with van der Waals surface area (Å²) in [6, 6.07) is 0. The molecule has 0 aliphatic heterocycles. The number of rotatable bonds is 0. The van der Waals surface area contributed by atoms with Gasteiger partial charge >= 0.3 is 0 Å². The van der Waals surface area contributed by atoms with Crippen LogP contribution < -0.4 is 4.90 Å². The Balaban J connectivity index is 2.32. The SMILES string of the molecule is C[N+](C)C. The molecular formula is C3H9N+. The highest BCUT2D eigenvalue weighted by atomic mass is 15.0. The van der Waals surface area contributed by atoms with Gasteiger partial charge in [0.2, 0.25) is 0 Å². The molecule has 1 heteroatoms. The van der Waals surface area contributed by atoms with Crippen molar-refractivity contribution in [3.8, 4) is 0 Å². The van der Waals surface area contributed by atoms with E-state index in [-0.39, 0.29) is 0 Å². The summed E-state index contributed by atoms with van der Waals surface area (Å²) in [5.41, 5.74) is 0. The minimum Gasteiger partial charge on any atom is -0.178 e. The summed E-state index contributed by atoms with van der Waals surface area (Å²) in [6.07, 6.45) is 0. The molecule has 0 aromatic carbocycles. The third-order valence-corrected chi connectivity index (χ3v) is 0. The Morgan fingerprint density at radius 2 is 1.00 bits per heavy atom. The van der Waals surface area contributed by atoms with Gasteiger partial charge in [-0.05, 0) is 0 Å². The summed E-state index contributed by atoms with van der Waals surface area (Å²) in [5, 5.41) is 0. The molecule has 0 aliphatic carbocycles. The molecule has 0 fully saturated rings. The van der Waals surface area contributed by atoms with E-state index in [4.69, 9.17) is 0 Å². The highest BCUT2D eigenvalue weighted by molar-refractivity contribution is 4.20. The predicted molar refractivity (Wildman–Crippen MR) is 19.9 cm³/mol. The summed E-state index contributed by atoms with van der Waals surface area (Å²) in [7, 11) is 6.00. The first-order valence-electron chi connectivity index (χ1n) is 1.34. The van der Waals surface area contributed by atoms with Gasteiger partial charge in [0.15, 0.2) is 0 Å². The summed E-state index contributed by atoms with van der Waals surface area (Å²) in [6.45, 7) is 0. The average Bonchev–Trinajstić information content (AvgIpc) is 0.811. The summed E-state index contributed by atoms with van der Waals surface area (Å²) in [4.78, 5) is 2.00. The van der Waals surface area contributed by atoms with Crippen LogP contribution >= 0.6 is 0 Å². The van der Waals surface area contributed by atoms with Gasteiger partial charge < -0.3 is 0 Å². The Morgan fingerprint density at radius 3 is 1.00 bits per heavy atom. The number of hydrogen-bond acceptors (Lipinski definition) is 1. The van der Waals surface area contributed by atoms with Crippen LogP contribution in [0.1, 0.15) is 0 Å². The normalized spacial score (nSPS) is 9.00. The van der Waals surface area contributed by atoms with Crippen LogP contribution in [0.15, 0.2) is 0 Å². The molecule has 0 rings (SSSR count). The minimum absolute atomic E-state index is 2.00. The quantitative estimate of drug-likeness (QED) is 0.347.